The van der Waals surface area contributed by atoms with Crippen LogP contribution in [-0.2, 0) is 17.9 Å². The first-order valence-electron chi connectivity index (χ1n) is 8.09. The number of halogens is 1. The van der Waals surface area contributed by atoms with Crippen molar-refractivity contribution in [1.82, 2.24) is 25.5 Å². The first kappa shape index (κ1) is 17.9. The molecule has 0 bridgehead atoms. The third-order valence-corrected chi connectivity index (χ3v) is 3.85. The van der Waals surface area contributed by atoms with Gasteiger partial charge in [0.1, 0.15) is 12.3 Å². The second-order valence-corrected chi connectivity index (χ2v) is 6.12. The Labute approximate surface area is 155 Å². The number of rotatable bonds is 7. The maximum Gasteiger partial charge on any atom is 0.244 e. The third-order valence-electron chi connectivity index (χ3n) is 3.62. The average Bonchev–Trinajstić information content (AvgIpc) is 3.08. The molecule has 26 heavy (non-hydrogen) atoms. The Balaban J connectivity index is 1.51. The molecule has 0 unspecified atom stereocenters. The molecule has 3 rings (SSSR count). The zero-order valence-electron chi connectivity index (χ0n) is 14.2. The summed E-state index contributed by atoms with van der Waals surface area (Å²) < 4.78 is 5.55. The molecule has 3 aromatic rings. The fourth-order valence-corrected chi connectivity index (χ4v) is 2.54. The highest BCUT2D eigenvalue weighted by Gasteiger charge is 2.12. The van der Waals surface area contributed by atoms with E-state index in [9.17, 15) is 4.79 Å². The number of hydrogen-bond donors (Lipinski definition) is 1. The summed E-state index contributed by atoms with van der Waals surface area (Å²) in [6.07, 6.45) is 0. The number of benzene rings is 2. The summed E-state index contributed by atoms with van der Waals surface area (Å²) in [5.74, 6) is 0.909. The van der Waals surface area contributed by atoms with Gasteiger partial charge < -0.3 is 10.1 Å². The first-order valence-corrected chi connectivity index (χ1v) is 8.47. The minimum Gasteiger partial charge on any atom is -0.485 e. The number of nitrogens with zero attached hydrogens (tertiary/aromatic N) is 4. The number of carbonyl (C=O) groups is 1. The van der Waals surface area contributed by atoms with Gasteiger partial charge in [0.15, 0.2) is 6.61 Å². The van der Waals surface area contributed by atoms with E-state index in [0.717, 1.165) is 11.3 Å². The van der Waals surface area contributed by atoms with Crippen LogP contribution in [0.3, 0.4) is 0 Å². The number of tetrazole rings is 1. The van der Waals surface area contributed by atoms with E-state index in [1.54, 1.807) is 6.07 Å². The smallest absolute Gasteiger partial charge is 0.244 e. The van der Waals surface area contributed by atoms with Crippen molar-refractivity contribution in [3.8, 4) is 5.75 Å². The van der Waals surface area contributed by atoms with Gasteiger partial charge in [-0.15, -0.1) is 10.2 Å². The van der Waals surface area contributed by atoms with Crippen LogP contribution in [0.1, 0.15) is 24.4 Å². The van der Waals surface area contributed by atoms with Gasteiger partial charge in [0.25, 0.3) is 0 Å². The quantitative estimate of drug-likeness (QED) is 0.690. The molecule has 0 spiro atoms. The van der Waals surface area contributed by atoms with Gasteiger partial charge in [0, 0.05) is 5.02 Å². The minimum atomic E-state index is -0.217. The molecule has 0 aliphatic heterocycles. The highest BCUT2D eigenvalue weighted by molar-refractivity contribution is 6.30. The molecule has 1 heterocycles. The lowest BCUT2D eigenvalue weighted by Gasteiger charge is -2.14. The van der Waals surface area contributed by atoms with Crippen molar-refractivity contribution in [2.24, 2.45) is 0 Å². The summed E-state index contributed by atoms with van der Waals surface area (Å²) >= 11 is 5.98. The number of amides is 1. The van der Waals surface area contributed by atoms with Gasteiger partial charge in [-0.05, 0) is 42.0 Å². The van der Waals surface area contributed by atoms with Gasteiger partial charge in [-0.3, -0.25) is 4.79 Å². The van der Waals surface area contributed by atoms with Gasteiger partial charge in [-0.1, -0.05) is 41.9 Å². The van der Waals surface area contributed by atoms with E-state index in [-0.39, 0.29) is 25.1 Å². The van der Waals surface area contributed by atoms with Crippen LogP contribution >= 0.6 is 11.6 Å². The Morgan fingerprint density at radius 2 is 2.04 bits per heavy atom. The summed E-state index contributed by atoms with van der Waals surface area (Å²) in [5.41, 5.74) is 0.925. The van der Waals surface area contributed by atoms with E-state index in [1.807, 2.05) is 55.5 Å². The number of hydrogen-bond acceptors (Lipinski definition) is 5. The standard InChI is InChI=1S/C18H18ClN5O2/c1-13(14-6-5-7-15(19)10-14)20-18(25)11-24-22-17(21-23-24)12-26-16-8-3-2-4-9-16/h2-10,13H,11-12H2,1H3,(H,20,25)/t13-/m0/s1. The van der Waals surface area contributed by atoms with E-state index in [4.69, 9.17) is 16.3 Å². The highest BCUT2D eigenvalue weighted by atomic mass is 35.5. The topological polar surface area (TPSA) is 81.9 Å². The molecule has 8 heteroatoms. The average molecular weight is 372 g/mol. The van der Waals surface area contributed by atoms with Gasteiger partial charge >= 0.3 is 0 Å². The Hall–Kier alpha value is -2.93. The predicted molar refractivity (Wildman–Crippen MR) is 96.6 cm³/mol. The highest BCUT2D eigenvalue weighted by Crippen LogP contribution is 2.17. The Morgan fingerprint density at radius 1 is 1.23 bits per heavy atom. The molecule has 0 saturated heterocycles. The summed E-state index contributed by atoms with van der Waals surface area (Å²) in [7, 11) is 0. The van der Waals surface area contributed by atoms with Gasteiger partial charge in [-0.25, -0.2) is 0 Å². The molecule has 0 saturated carbocycles. The maximum absolute atomic E-state index is 12.2. The van der Waals surface area contributed by atoms with Gasteiger partial charge in [0.05, 0.1) is 6.04 Å². The lowest BCUT2D eigenvalue weighted by molar-refractivity contribution is -0.122. The van der Waals surface area contributed by atoms with Crippen LogP contribution in [0, 0.1) is 0 Å². The zero-order valence-corrected chi connectivity index (χ0v) is 14.9. The zero-order chi connectivity index (χ0) is 18.4. The molecule has 2 aromatic carbocycles. The molecule has 1 amide bonds. The molecule has 0 fully saturated rings. The van der Waals surface area contributed by atoms with Crippen molar-refractivity contribution < 1.29 is 9.53 Å². The summed E-state index contributed by atoms with van der Waals surface area (Å²) in [4.78, 5) is 13.4. The molecule has 0 radical (unpaired) electrons. The summed E-state index contributed by atoms with van der Waals surface area (Å²) in [5, 5.41) is 15.4. The Bertz CT molecular complexity index is 869. The number of aromatic nitrogens is 4. The maximum atomic E-state index is 12.2. The van der Waals surface area contributed by atoms with Crippen molar-refractivity contribution >= 4 is 17.5 Å². The van der Waals surface area contributed by atoms with Crippen molar-refractivity contribution in [2.45, 2.75) is 26.1 Å². The Morgan fingerprint density at radius 3 is 2.81 bits per heavy atom. The largest absolute Gasteiger partial charge is 0.485 e. The number of nitrogens with one attached hydrogen (secondary N) is 1. The van der Waals surface area contributed by atoms with Crippen LogP contribution in [0.15, 0.2) is 54.6 Å². The number of carbonyl (C=O) groups excluding carboxylic acids is 1. The van der Waals surface area contributed by atoms with Crippen molar-refractivity contribution in [1.29, 1.82) is 0 Å². The monoisotopic (exact) mass is 371 g/mol. The second-order valence-electron chi connectivity index (χ2n) is 5.68. The predicted octanol–water partition coefficient (Wildman–Crippen LogP) is 2.78. The summed E-state index contributed by atoms with van der Waals surface area (Å²) in [6, 6.07) is 16.5. The second kappa shape index (κ2) is 8.44. The number of para-hydroxylation sites is 1. The molecule has 7 nitrogen and oxygen atoms in total. The lowest BCUT2D eigenvalue weighted by Crippen LogP contribution is -2.30. The van der Waals surface area contributed by atoms with Crippen LogP contribution in [-0.4, -0.2) is 26.1 Å². The molecular formula is C18H18ClN5O2. The van der Waals surface area contributed by atoms with E-state index in [0.29, 0.717) is 10.8 Å². The van der Waals surface area contributed by atoms with Crippen molar-refractivity contribution in [2.75, 3.05) is 0 Å². The van der Waals surface area contributed by atoms with Crippen molar-refractivity contribution in [3.63, 3.8) is 0 Å². The lowest BCUT2D eigenvalue weighted by atomic mass is 10.1. The van der Waals surface area contributed by atoms with Crippen LogP contribution in [0.25, 0.3) is 0 Å². The molecule has 1 N–H and O–H groups in total. The van der Waals surface area contributed by atoms with Crippen LogP contribution in [0.2, 0.25) is 5.02 Å². The van der Waals surface area contributed by atoms with E-state index >= 15 is 0 Å². The van der Waals surface area contributed by atoms with Crippen LogP contribution in [0.5, 0.6) is 5.75 Å². The van der Waals surface area contributed by atoms with Gasteiger partial charge in [0.2, 0.25) is 11.7 Å². The normalized spacial score (nSPS) is 11.8. The molecule has 0 aliphatic carbocycles. The molecular weight excluding hydrogens is 354 g/mol. The SMILES string of the molecule is C[C@H](NC(=O)Cn1nnc(COc2ccccc2)n1)c1cccc(Cl)c1. The molecule has 1 aromatic heterocycles. The number of ether oxygens (including phenoxy) is 1. The fourth-order valence-electron chi connectivity index (χ4n) is 2.34. The molecule has 1 atom stereocenters. The van der Waals surface area contributed by atoms with E-state index in [1.165, 1.54) is 4.80 Å². The molecule has 0 aliphatic rings. The van der Waals surface area contributed by atoms with Crippen LogP contribution in [0.4, 0.5) is 0 Å². The minimum absolute atomic E-state index is 0.0246. The third kappa shape index (κ3) is 5.03. The van der Waals surface area contributed by atoms with Crippen molar-refractivity contribution in [3.05, 3.63) is 71.0 Å². The van der Waals surface area contributed by atoms with Gasteiger partial charge in [-0.2, -0.15) is 4.80 Å². The Kier molecular flexibility index (Phi) is 5.80. The summed E-state index contributed by atoms with van der Waals surface area (Å²) in [6.45, 7) is 2.05. The van der Waals surface area contributed by atoms with E-state index < -0.39 is 0 Å². The van der Waals surface area contributed by atoms with Crippen LogP contribution < -0.4 is 10.1 Å². The first-order chi connectivity index (χ1) is 12.6. The molecule has 134 valence electrons. The van der Waals surface area contributed by atoms with E-state index in [2.05, 4.69) is 20.7 Å². The fraction of sp³-hybridized carbons (Fsp3) is 0.222.